The van der Waals surface area contributed by atoms with Crippen molar-refractivity contribution in [1.29, 1.82) is 0 Å². The Kier molecular flexibility index (Phi) is 6.38. The normalized spacial score (nSPS) is 20.0. The zero-order valence-electron chi connectivity index (χ0n) is 23.3. The molecule has 1 aromatic carbocycles. The number of aromatic amines is 1. The summed E-state index contributed by atoms with van der Waals surface area (Å²) in [4.78, 5) is 39.6. The van der Waals surface area contributed by atoms with E-state index in [4.69, 9.17) is 10.7 Å². The lowest BCUT2D eigenvalue weighted by atomic mass is 9.87. The molecule has 4 aromatic heterocycles. The molecule has 12 heteroatoms. The van der Waals surface area contributed by atoms with Crippen LogP contribution in [0.3, 0.4) is 0 Å². The number of aromatic nitrogens is 5. The lowest BCUT2D eigenvalue weighted by Gasteiger charge is -2.39. The number of hydrogen-bond donors (Lipinski definition) is 2. The molecule has 43 heavy (non-hydrogen) atoms. The number of nitrogen functional groups attached to an aromatic ring is 1. The third-order valence-corrected chi connectivity index (χ3v) is 9.70. The van der Waals surface area contributed by atoms with Crippen molar-refractivity contribution in [2.24, 2.45) is 0 Å². The molecule has 11 nitrogen and oxygen atoms in total. The third kappa shape index (κ3) is 4.67. The van der Waals surface area contributed by atoms with Gasteiger partial charge in [-0.2, -0.15) is 9.61 Å². The summed E-state index contributed by atoms with van der Waals surface area (Å²) in [6, 6.07) is 16.2. The van der Waals surface area contributed by atoms with Gasteiger partial charge < -0.3 is 15.6 Å². The highest BCUT2D eigenvalue weighted by atomic mass is 32.2. The van der Waals surface area contributed by atoms with E-state index in [1.54, 1.807) is 12.4 Å². The molecule has 1 unspecified atom stereocenters. The largest absolute Gasteiger partial charge is 0.382 e. The number of nitrogens with two attached hydrogens (primary N) is 1. The van der Waals surface area contributed by atoms with Gasteiger partial charge in [-0.1, -0.05) is 36.4 Å². The minimum absolute atomic E-state index is 0.00956. The van der Waals surface area contributed by atoms with Crippen LogP contribution >= 0.6 is 0 Å². The summed E-state index contributed by atoms with van der Waals surface area (Å²) < 4.78 is 27.6. The number of carbonyl (C=O) groups is 1. The van der Waals surface area contributed by atoms with Crippen molar-refractivity contribution in [2.45, 2.75) is 48.6 Å². The molecule has 7 rings (SSSR count). The highest BCUT2D eigenvalue weighted by Crippen LogP contribution is 2.45. The van der Waals surface area contributed by atoms with E-state index < -0.39 is 9.84 Å². The zero-order chi connectivity index (χ0) is 29.9. The first-order valence-corrected chi connectivity index (χ1v) is 16.0. The second-order valence-corrected chi connectivity index (χ2v) is 13.2. The van der Waals surface area contributed by atoms with Crippen LogP contribution in [-0.4, -0.2) is 62.1 Å². The summed E-state index contributed by atoms with van der Waals surface area (Å²) in [5.41, 5.74) is 10.7. The third-order valence-electron chi connectivity index (χ3n) is 8.54. The molecule has 0 saturated carbocycles. The number of anilines is 1. The number of sulfone groups is 1. The monoisotopic (exact) mass is 595 g/mol. The van der Waals surface area contributed by atoms with Gasteiger partial charge in [-0.05, 0) is 31.7 Å². The van der Waals surface area contributed by atoms with Crippen LogP contribution in [0.2, 0.25) is 0 Å². The van der Waals surface area contributed by atoms with Crippen molar-refractivity contribution < 1.29 is 13.2 Å². The molecule has 1 amide bonds. The van der Waals surface area contributed by atoms with Gasteiger partial charge in [0.1, 0.15) is 16.4 Å². The first-order chi connectivity index (χ1) is 20.7. The highest BCUT2D eigenvalue weighted by Gasteiger charge is 2.45. The Hall–Kier alpha value is -4.84. The van der Waals surface area contributed by atoms with Gasteiger partial charge in [0.05, 0.1) is 17.6 Å². The summed E-state index contributed by atoms with van der Waals surface area (Å²) >= 11 is 0. The SMILES string of the molecule is CS(=O)(=O)c1c(C2C[C@H]3CC[C@@H](C2)N3C(=O)c2cc(=O)cc[nH]2)nc2c(-c3ccc(-c4ccccc4)nc3)cnn2c1N. The lowest BCUT2D eigenvalue weighted by Crippen LogP contribution is -2.46. The Morgan fingerprint density at radius 1 is 1.00 bits per heavy atom. The van der Waals surface area contributed by atoms with Gasteiger partial charge in [0, 0.05) is 65.5 Å². The molecule has 6 heterocycles. The number of hydrogen-bond acceptors (Lipinski definition) is 8. The van der Waals surface area contributed by atoms with Crippen molar-refractivity contribution in [3.63, 3.8) is 0 Å². The fourth-order valence-electron chi connectivity index (χ4n) is 6.65. The van der Waals surface area contributed by atoms with Gasteiger partial charge in [-0.25, -0.2) is 13.4 Å². The molecule has 2 aliphatic rings. The van der Waals surface area contributed by atoms with E-state index in [9.17, 15) is 18.0 Å². The first-order valence-electron chi connectivity index (χ1n) is 14.1. The van der Waals surface area contributed by atoms with Crippen molar-refractivity contribution in [2.75, 3.05) is 12.0 Å². The Morgan fingerprint density at radius 3 is 2.40 bits per heavy atom. The second-order valence-electron chi connectivity index (χ2n) is 11.3. The number of nitrogens with zero attached hydrogens (tertiary/aromatic N) is 5. The van der Waals surface area contributed by atoms with E-state index in [1.165, 1.54) is 22.8 Å². The Labute approximate surface area is 247 Å². The predicted molar refractivity (Wildman–Crippen MR) is 161 cm³/mol. The van der Waals surface area contributed by atoms with Gasteiger partial charge in [0.2, 0.25) is 0 Å². The quantitative estimate of drug-likeness (QED) is 0.312. The van der Waals surface area contributed by atoms with Gasteiger partial charge >= 0.3 is 0 Å². The maximum atomic E-state index is 13.4. The van der Waals surface area contributed by atoms with Crippen LogP contribution in [0.1, 0.15) is 47.8 Å². The van der Waals surface area contributed by atoms with Crippen molar-refractivity contribution in [1.82, 2.24) is 29.5 Å². The molecule has 0 radical (unpaired) electrons. The average molecular weight is 596 g/mol. The van der Waals surface area contributed by atoms with Crippen molar-refractivity contribution >= 4 is 27.2 Å². The number of pyridine rings is 2. The molecule has 2 bridgehead atoms. The summed E-state index contributed by atoms with van der Waals surface area (Å²) in [6.07, 6.45) is 8.60. The van der Waals surface area contributed by atoms with Crippen LogP contribution in [0.5, 0.6) is 0 Å². The Bertz CT molecular complexity index is 2020. The van der Waals surface area contributed by atoms with Gasteiger partial charge in [-0.15, -0.1) is 0 Å². The molecule has 0 spiro atoms. The summed E-state index contributed by atoms with van der Waals surface area (Å²) in [5.74, 6) is -0.454. The number of fused-ring (bicyclic) bond motifs is 3. The minimum atomic E-state index is -3.77. The molecule has 218 valence electrons. The number of H-pyrrole nitrogens is 1. The van der Waals surface area contributed by atoms with Crippen molar-refractivity contribution in [3.05, 3.63) is 94.8 Å². The Balaban J connectivity index is 1.27. The Morgan fingerprint density at radius 2 is 1.74 bits per heavy atom. The summed E-state index contributed by atoms with van der Waals surface area (Å²) in [7, 11) is -3.77. The van der Waals surface area contributed by atoms with E-state index in [-0.39, 0.29) is 45.7 Å². The van der Waals surface area contributed by atoms with Gasteiger partial charge in [0.25, 0.3) is 5.91 Å². The summed E-state index contributed by atoms with van der Waals surface area (Å²) in [6.45, 7) is 0. The average Bonchev–Trinajstić information content (AvgIpc) is 3.54. The molecule has 2 fully saturated rings. The number of carbonyl (C=O) groups excluding carboxylic acids is 1. The number of rotatable bonds is 5. The molecule has 0 aliphatic carbocycles. The van der Waals surface area contributed by atoms with Crippen LogP contribution in [0.25, 0.3) is 28.0 Å². The number of amides is 1. The minimum Gasteiger partial charge on any atom is -0.382 e. The van der Waals surface area contributed by atoms with E-state index in [1.807, 2.05) is 47.4 Å². The van der Waals surface area contributed by atoms with Crippen LogP contribution in [0.15, 0.2) is 82.9 Å². The molecule has 5 aromatic rings. The fraction of sp³-hybridized carbons (Fsp3) is 0.258. The van der Waals surface area contributed by atoms with Gasteiger partial charge in [0.15, 0.2) is 20.9 Å². The van der Waals surface area contributed by atoms with Crippen LogP contribution in [0.4, 0.5) is 5.82 Å². The molecule has 3 N–H and O–H groups in total. The van der Waals surface area contributed by atoms with E-state index in [0.29, 0.717) is 29.7 Å². The molecule has 3 atom stereocenters. The van der Waals surface area contributed by atoms with Crippen LogP contribution < -0.4 is 11.2 Å². The van der Waals surface area contributed by atoms with Crippen molar-refractivity contribution in [3.8, 4) is 22.4 Å². The van der Waals surface area contributed by atoms with E-state index in [0.717, 1.165) is 35.9 Å². The highest BCUT2D eigenvalue weighted by molar-refractivity contribution is 7.91. The lowest BCUT2D eigenvalue weighted by molar-refractivity contribution is 0.0562. The number of nitrogens with one attached hydrogen (secondary N) is 1. The molecular formula is C31H29N7O4S. The molecule has 2 saturated heterocycles. The molecular weight excluding hydrogens is 566 g/mol. The topological polar surface area (TPSA) is 156 Å². The van der Waals surface area contributed by atoms with Crippen LogP contribution in [0, 0.1) is 0 Å². The first kappa shape index (κ1) is 27.0. The fourth-order valence-corrected chi connectivity index (χ4v) is 7.71. The smallest absolute Gasteiger partial charge is 0.270 e. The second kappa shape index (κ2) is 10.2. The number of benzene rings is 1. The van der Waals surface area contributed by atoms with E-state index >= 15 is 0 Å². The van der Waals surface area contributed by atoms with Gasteiger partial charge in [-0.3, -0.25) is 14.6 Å². The maximum absolute atomic E-state index is 13.4. The number of piperidine rings is 1. The van der Waals surface area contributed by atoms with E-state index in [2.05, 4.69) is 15.1 Å². The predicted octanol–water partition coefficient (Wildman–Crippen LogP) is 3.68. The van der Waals surface area contributed by atoms with Crippen LogP contribution in [-0.2, 0) is 9.84 Å². The zero-order valence-corrected chi connectivity index (χ0v) is 24.2. The maximum Gasteiger partial charge on any atom is 0.270 e. The molecule has 2 aliphatic heterocycles. The standard InChI is InChI=1S/C31H29N7O4S/c1-43(41,42)28-27(20-13-21-8-9-22(14-20)37(21)31(40)26-15-23(39)11-12-33-26)36-30-24(17-35-38(30)29(28)32)19-7-10-25(34-16-19)18-5-3-2-4-6-18/h2-7,10-12,15-17,20-22H,8-9,13-14,32H2,1H3,(H,33,39)/t20?,21-,22+. The summed E-state index contributed by atoms with van der Waals surface area (Å²) in [5, 5.41) is 4.41.